The first kappa shape index (κ1) is 13.8. The lowest BCUT2D eigenvalue weighted by molar-refractivity contribution is 0.0989. The first-order chi connectivity index (χ1) is 10.1. The lowest BCUT2D eigenvalue weighted by atomic mass is 10.0. The number of carbonyl (C=O) groups is 1. The molecule has 21 heavy (non-hydrogen) atoms. The number of aryl methyl sites for hydroxylation is 1. The summed E-state index contributed by atoms with van der Waals surface area (Å²) in [4.78, 5) is 12.4. The standard InChI is InChI=1S/C16H12ClFN2O/c1-20-14-5-3-2-4-11(14)16(19-20)15(21)9-10-6-7-13(18)12(17)8-10/h2-8H,9H2,1H3. The van der Waals surface area contributed by atoms with Crippen molar-refractivity contribution in [2.24, 2.45) is 7.05 Å². The summed E-state index contributed by atoms with van der Waals surface area (Å²) < 4.78 is 14.8. The zero-order valence-electron chi connectivity index (χ0n) is 11.3. The van der Waals surface area contributed by atoms with Crippen LogP contribution in [0, 0.1) is 5.82 Å². The van der Waals surface area contributed by atoms with Crippen molar-refractivity contribution in [3.05, 3.63) is 64.6 Å². The fraction of sp³-hybridized carbons (Fsp3) is 0.125. The van der Waals surface area contributed by atoms with E-state index in [0.717, 1.165) is 10.9 Å². The predicted molar refractivity (Wildman–Crippen MR) is 80.2 cm³/mol. The zero-order valence-corrected chi connectivity index (χ0v) is 12.1. The quantitative estimate of drug-likeness (QED) is 0.690. The molecule has 5 heteroatoms. The largest absolute Gasteiger partial charge is 0.292 e. The summed E-state index contributed by atoms with van der Waals surface area (Å²) in [6.07, 6.45) is 0.140. The molecule has 0 aliphatic heterocycles. The molecule has 0 bridgehead atoms. The maximum Gasteiger partial charge on any atom is 0.188 e. The maximum atomic E-state index is 13.1. The Labute approximate surface area is 126 Å². The molecular formula is C16H12ClFN2O. The molecule has 3 aromatic rings. The molecule has 0 spiro atoms. The van der Waals surface area contributed by atoms with Crippen LogP contribution in [0.25, 0.3) is 10.9 Å². The summed E-state index contributed by atoms with van der Waals surface area (Å²) in [6.45, 7) is 0. The molecule has 0 saturated heterocycles. The minimum Gasteiger partial charge on any atom is -0.292 e. The Morgan fingerprint density at radius 3 is 2.81 bits per heavy atom. The van der Waals surface area contributed by atoms with Gasteiger partial charge in [0.25, 0.3) is 0 Å². The Morgan fingerprint density at radius 2 is 2.05 bits per heavy atom. The van der Waals surface area contributed by atoms with Crippen molar-refractivity contribution in [1.82, 2.24) is 9.78 Å². The highest BCUT2D eigenvalue weighted by molar-refractivity contribution is 6.30. The lowest BCUT2D eigenvalue weighted by Gasteiger charge is -2.01. The number of nitrogens with zero attached hydrogens (tertiary/aromatic N) is 2. The number of halogens is 2. The van der Waals surface area contributed by atoms with Gasteiger partial charge in [-0.3, -0.25) is 9.48 Å². The molecule has 0 saturated carbocycles. The van der Waals surface area contributed by atoms with Crippen LogP contribution in [0.15, 0.2) is 42.5 Å². The number of para-hydroxylation sites is 1. The van der Waals surface area contributed by atoms with Gasteiger partial charge in [-0.2, -0.15) is 5.10 Å². The Hall–Kier alpha value is -2.20. The third-order valence-electron chi connectivity index (χ3n) is 3.37. The number of ketones is 1. The minimum absolute atomic E-state index is 0.0196. The highest BCUT2D eigenvalue weighted by Gasteiger charge is 2.16. The zero-order chi connectivity index (χ0) is 15.0. The van der Waals surface area contributed by atoms with E-state index in [1.54, 1.807) is 17.8 Å². The third-order valence-corrected chi connectivity index (χ3v) is 3.66. The van der Waals surface area contributed by atoms with Crippen LogP contribution < -0.4 is 0 Å². The van der Waals surface area contributed by atoms with Gasteiger partial charge < -0.3 is 0 Å². The van der Waals surface area contributed by atoms with Gasteiger partial charge in [0, 0.05) is 18.9 Å². The number of benzene rings is 2. The molecule has 1 aromatic heterocycles. The molecule has 106 valence electrons. The summed E-state index contributed by atoms with van der Waals surface area (Å²) in [7, 11) is 1.80. The molecule has 0 aliphatic carbocycles. The first-order valence-corrected chi connectivity index (χ1v) is 6.83. The van der Waals surface area contributed by atoms with Crippen LogP contribution in [0.4, 0.5) is 4.39 Å². The lowest BCUT2D eigenvalue weighted by Crippen LogP contribution is -2.06. The van der Waals surface area contributed by atoms with Crippen LogP contribution in [0.3, 0.4) is 0 Å². The van der Waals surface area contributed by atoms with Crippen LogP contribution in [-0.4, -0.2) is 15.6 Å². The van der Waals surface area contributed by atoms with E-state index in [4.69, 9.17) is 11.6 Å². The Kier molecular flexibility index (Phi) is 3.47. The number of fused-ring (bicyclic) bond motifs is 1. The predicted octanol–water partition coefficient (Wildman–Crippen LogP) is 3.79. The van der Waals surface area contributed by atoms with Crippen LogP contribution >= 0.6 is 11.6 Å². The topological polar surface area (TPSA) is 34.9 Å². The van der Waals surface area contributed by atoms with Gasteiger partial charge in [0.05, 0.1) is 10.5 Å². The summed E-state index contributed by atoms with van der Waals surface area (Å²) >= 11 is 5.74. The van der Waals surface area contributed by atoms with Gasteiger partial charge in [-0.05, 0) is 23.8 Å². The van der Waals surface area contributed by atoms with Crippen LogP contribution in [-0.2, 0) is 13.5 Å². The van der Waals surface area contributed by atoms with E-state index in [9.17, 15) is 9.18 Å². The van der Waals surface area contributed by atoms with Crippen LogP contribution in [0.1, 0.15) is 16.1 Å². The minimum atomic E-state index is -0.490. The molecule has 0 atom stereocenters. The Balaban J connectivity index is 1.95. The van der Waals surface area contributed by atoms with Crippen molar-refractivity contribution in [2.45, 2.75) is 6.42 Å². The number of hydrogen-bond acceptors (Lipinski definition) is 2. The fourth-order valence-corrected chi connectivity index (χ4v) is 2.54. The maximum absolute atomic E-state index is 13.1. The van der Waals surface area contributed by atoms with E-state index in [2.05, 4.69) is 5.10 Å². The number of hydrogen-bond donors (Lipinski definition) is 0. The van der Waals surface area contributed by atoms with Gasteiger partial charge in [0.2, 0.25) is 0 Å². The molecule has 0 N–H and O–H groups in total. The number of carbonyl (C=O) groups excluding carboxylic acids is 1. The molecule has 2 aromatic carbocycles. The first-order valence-electron chi connectivity index (χ1n) is 6.45. The second-order valence-corrected chi connectivity index (χ2v) is 5.24. The average Bonchev–Trinajstić information content (AvgIpc) is 2.81. The van der Waals surface area contributed by atoms with Crippen LogP contribution in [0.2, 0.25) is 5.02 Å². The fourth-order valence-electron chi connectivity index (χ4n) is 2.34. The van der Waals surface area contributed by atoms with Gasteiger partial charge in [0.1, 0.15) is 11.5 Å². The van der Waals surface area contributed by atoms with Crippen molar-refractivity contribution >= 4 is 28.3 Å². The summed E-state index contributed by atoms with van der Waals surface area (Å²) in [5.41, 5.74) is 1.99. The second-order valence-electron chi connectivity index (χ2n) is 4.84. The van der Waals surface area contributed by atoms with Gasteiger partial charge in [-0.15, -0.1) is 0 Å². The Bertz CT molecular complexity index is 841. The van der Waals surface area contributed by atoms with Gasteiger partial charge >= 0.3 is 0 Å². The molecular weight excluding hydrogens is 291 g/mol. The second kappa shape index (κ2) is 5.30. The van der Waals surface area contributed by atoms with Crippen molar-refractivity contribution in [3.63, 3.8) is 0 Å². The average molecular weight is 303 g/mol. The molecule has 0 aliphatic rings. The molecule has 0 fully saturated rings. The van der Waals surface area contributed by atoms with Crippen molar-refractivity contribution in [2.75, 3.05) is 0 Å². The van der Waals surface area contributed by atoms with E-state index < -0.39 is 5.82 Å². The Morgan fingerprint density at radius 1 is 1.29 bits per heavy atom. The molecule has 1 heterocycles. The molecule has 0 unspecified atom stereocenters. The highest BCUT2D eigenvalue weighted by Crippen LogP contribution is 2.21. The monoisotopic (exact) mass is 302 g/mol. The van der Waals surface area contributed by atoms with Gasteiger partial charge in [0.15, 0.2) is 5.78 Å². The van der Waals surface area contributed by atoms with Gasteiger partial charge in [-0.1, -0.05) is 35.9 Å². The number of Topliss-reactive ketones (excluding diaryl/α,β-unsaturated/α-hetero) is 1. The van der Waals surface area contributed by atoms with Crippen molar-refractivity contribution in [1.29, 1.82) is 0 Å². The van der Waals surface area contributed by atoms with E-state index >= 15 is 0 Å². The number of rotatable bonds is 3. The molecule has 0 amide bonds. The summed E-state index contributed by atoms with van der Waals surface area (Å²) in [6, 6.07) is 11.8. The highest BCUT2D eigenvalue weighted by atomic mass is 35.5. The summed E-state index contributed by atoms with van der Waals surface area (Å²) in [5.74, 6) is -0.606. The SMILES string of the molecule is Cn1nc(C(=O)Cc2ccc(F)c(Cl)c2)c2ccccc21. The molecule has 0 radical (unpaired) electrons. The van der Waals surface area contributed by atoms with E-state index in [-0.39, 0.29) is 17.2 Å². The normalized spacial score (nSPS) is 11.0. The van der Waals surface area contributed by atoms with E-state index in [0.29, 0.717) is 11.3 Å². The van der Waals surface area contributed by atoms with Gasteiger partial charge in [-0.25, -0.2) is 4.39 Å². The van der Waals surface area contributed by atoms with Crippen molar-refractivity contribution < 1.29 is 9.18 Å². The van der Waals surface area contributed by atoms with E-state index in [1.165, 1.54) is 12.1 Å². The van der Waals surface area contributed by atoms with E-state index in [1.807, 2.05) is 24.3 Å². The smallest absolute Gasteiger partial charge is 0.188 e. The van der Waals surface area contributed by atoms with Crippen LogP contribution in [0.5, 0.6) is 0 Å². The number of aromatic nitrogens is 2. The third kappa shape index (κ3) is 2.54. The molecule has 3 nitrogen and oxygen atoms in total. The molecule has 3 rings (SSSR count). The summed E-state index contributed by atoms with van der Waals surface area (Å²) in [5, 5.41) is 5.12. The van der Waals surface area contributed by atoms with Crippen molar-refractivity contribution in [3.8, 4) is 0 Å².